The molecule has 4 rings (SSSR count). The number of hydrogen-bond donors (Lipinski definition) is 1. The smallest absolute Gasteiger partial charge is 0.243 e. The number of likely N-dealkylation sites (tertiary alicyclic amines) is 1. The van der Waals surface area contributed by atoms with Crippen LogP contribution in [0.2, 0.25) is 0 Å². The van der Waals surface area contributed by atoms with Gasteiger partial charge in [0.2, 0.25) is 11.8 Å². The van der Waals surface area contributed by atoms with Crippen molar-refractivity contribution in [3.8, 4) is 0 Å². The van der Waals surface area contributed by atoms with Crippen LogP contribution in [0.25, 0.3) is 0 Å². The average Bonchev–Trinajstić information content (AvgIpc) is 3.53. The highest BCUT2D eigenvalue weighted by Gasteiger charge is 2.46. The van der Waals surface area contributed by atoms with Crippen LogP contribution in [0.4, 0.5) is 4.39 Å². The van der Waals surface area contributed by atoms with Crippen molar-refractivity contribution in [1.29, 1.82) is 0 Å². The molecule has 0 unspecified atom stereocenters. The van der Waals surface area contributed by atoms with Crippen molar-refractivity contribution < 1.29 is 14.0 Å². The molecule has 4 nitrogen and oxygen atoms in total. The highest BCUT2D eigenvalue weighted by Crippen LogP contribution is 2.42. The number of rotatable bonds is 4. The van der Waals surface area contributed by atoms with Crippen molar-refractivity contribution in [2.45, 2.75) is 57.0 Å². The van der Waals surface area contributed by atoms with Crippen molar-refractivity contribution in [3.05, 3.63) is 35.6 Å². The maximum absolute atomic E-state index is 13.0. The molecule has 1 aromatic rings. The lowest BCUT2D eigenvalue weighted by atomic mass is 10.00. The number of carbonyl (C=O) groups is 2. The second kappa shape index (κ2) is 6.43. The van der Waals surface area contributed by atoms with E-state index in [0.29, 0.717) is 12.5 Å². The molecule has 3 aliphatic rings. The van der Waals surface area contributed by atoms with Gasteiger partial charge in [-0.15, -0.1) is 0 Å². The van der Waals surface area contributed by atoms with Gasteiger partial charge >= 0.3 is 0 Å². The Balaban J connectivity index is 1.36. The molecule has 1 N–H and O–H groups in total. The molecule has 1 aromatic carbocycles. The summed E-state index contributed by atoms with van der Waals surface area (Å²) in [4.78, 5) is 27.2. The van der Waals surface area contributed by atoms with Crippen LogP contribution in [-0.2, 0) is 9.59 Å². The number of benzene rings is 1. The van der Waals surface area contributed by atoms with E-state index in [1.54, 1.807) is 12.1 Å². The standard InChI is InChI=1S/C20H25FN2O2/c1-12-10-15(12)20(25)23-9-3-2-4-18(23)19(24)22-17-11-16(17)13-5-7-14(21)8-6-13/h5-8,12,15-18H,2-4,9-11H2,1H3,(H,22,24)/t12-,15+,16-,17+,18-/m1/s1. The molecule has 1 saturated heterocycles. The van der Waals surface area contributed by atoms with Gasteiger partial charge in [0, 0.05) is 24.4 Å². The van der Waals surface area contributed by atoms with Gasteiger partial charge in [0.05, 0.1) is 0 Å². The second-order valence-electron chi connectivity index (χ2n) is 7.87. The summed E-state index contributed by atoms with van der Waals surface area (Å²) in [5, 5.41) is 3.12. The van der Waals surface area contributed by atoms with Crippen LogP contribution in [0.3, 0.4) is 0 Å². The molecule has 3 fully saturated rings. The quantitative estimate of drug-likeness (QED) is 0.913. The number of amides is 2. The van der Waals surface area contributed by atoms with E-state index in [2.05, 4.69) is 12.2 Å². The van der Waals surface area contributed by atoms with E-state index in [1.807, 2.05) is 4.90 Å². The Kier molecular flexibility index (Phi) is 4.26. The molecule has 2 saturated carbocycles. The molecule has 0 bridgehead atoms. The minimum absolute atomic E-state index is 0.0176. The molecule has 25 heavy (non-hydrogen) atoms. The zero-order chi connectivity index (χ0) is 17.6. The molecule has 0 radical (unpaired) electrons. The van der Waals surface area contributed by atoms with Gasteiger partial charge in [-0.2, -0.15) is 0 Å². The van der Waals surface area contributed by atoms with E-state index >= 15 is 0 Å². The number of halogens is 1. The summed E-state index contributed by atoms with van der Waals surface area (Å²) < 4.78 is 13.0. The molecule has 0 aromatic heterocycles. The van der Waals surface area contributed by atoms with Gasteiger partial charge in [-0.25, -0.2) is 4.39 Å². The maximum Gasteiger partial charge on any atom is 0.243 e. The Morgan fingerprint density at radius 2 is 1.88 bits per heavy atom. The van der Waals surface area contributed by atoms with Crippen LogP contribution < -0.4 is 5.32 Å². The first-order valence-corrected chi connectivity index (χ1v) is 9.41. The summed E-state index contributed by atoms with van der Waals surface area (Å²) in [6.07, 6.45) is 4.58. The summed E-state index contributed by atoms with van der Waals surface area (Å²) in [5.41, 5.74) is 1.06. The van der Waals surface area contributed by atoms with Crippen LogP contribution in [0.5, 0.6) is 0 Å². The maximum atomic E-state index is 13.0. The number of piperidine rings is 1. The molecule has 134 valence electrons. The summed E-state index contributed by atoms with van der Waals surface area (Å²) >= 11 is 0. The van der Waals surface area contributed by atoms with Gasteiger partial charge in [-0.05, 0) is 55.7 Å². The molecule has 1 aliphatic heterocycles. The Bertz CT molecular complexity index is 675. The number of carbonyl (C=O) groups excluding carboxylic acids is 2. The van der Waals surface area contributed by atoms with E-state index in [0.717, 1.165) is 37.7 Å². The SMILES string of the molecule is C[C@@H]1C[C@@H]1C(=O)N1CCCC[C@@H]1C(=O)N[C@H]1C[C@@H]1c1ccc(F)cc1. The molecule has 5 atom stereocenters. The second-order valence-corrected chi connectivity index (χ2v) is 7.87. The van der Waals surface area contributed by atoms with Crippen molar-refractivity contribution in [1.82, 2.24) is 10.2 Å². The Labute approximate surface area is 147 Å². The highest BCUT2D eigenvalue weighted by molar-refractivity contribution is 5.90. The van der Waals surface area contributed by atoms with Crippen LogP contribution in [-0.4, -0.2) is 35.3 Å². The van der Waals surface area contributed by atoms with Gasteiger partial charge in [-0.1, -0.05) is 19.1 Å². The highest BCUT2D eigenvalue weighted by atomic mass is 19.1. The van der Waals surface area contributed by atoms with Crippen LogP contribution in [0, 0.1) is 17.7 Å². The first-order chi connectivity index (χ1) is 12.0. The van der Waals surface area contributed by atoms with Gasteiger partial charge in [-0.3, -0.25) is 9.59 Å². The fourth-order valence-electron chi connectivity index (χ4n) is 4.06. The monoisotopic (exact) mass is 344 g/mol. The third-order valence-corrected chi connectivity index (χ3v) is 5.93. The van der Waals surface area contributed by atoms with Gasteiger partial charge in [0.15, 0.2) is 0 Å². The van der Waals surface area contributed by atoms with Crippen LogP contribution in [0.1, 0.15) is 50.5 Å². The first kappa shape index (κ1) is 16.6. The molecule has 0 spiro atoms. The fraction of sp³-hybridized carbons (Fsp3) is 0.600. The normalized spacial score (nSPS) is 33.7. The Morgan fingerprint density at radius 3 is 2.56 bits per heavy atom. The molecular weight excluding hydrogens is 319 g/mol. The van der Waals surface area contributed by atoms with E-state index < -0.39 is 0 Å². The summed E-state index contributed by atoms with van der Waals surface area (Å²) in [6, 6.07) is 6.30. The zero-order valence-corrected chi connectivity index (χ0v) is 14.6. The molecule has 1 heterocycles. The minimum atomic E-state index is -0.316. The fourth-order valence-corrected chi connectivity index (χ4v) is 4.06. The van der Waals surface area contributed by atoms with Gasteiger partial charge < -0.3 is 10.2 Å². The van der Waals surface area contributed by atoms with Crippen molar-refractivity contribution >= 4 is 11.8 Å². The minimum Gasteiger partial charge on any atom is -0.351 e. The number of nitrogens with zero attached hydrogens (tertiary/aromatic N) is 1. The predicted octanol–water partition coefficient (Wildman–Crippen LogP) is 2.83. The van der Waals surface area contributed by atoms with Gasteiger partial charge in [0.1, 0.15) is 11.9 Å². The topological polar surface area (TPSA) is 49.4 Å². The van der Waals surface area contributed by atoms with E-state index in [-0.39, 0.29) is 41.6 Å². The largest absolute Gasteiger partial charge is 0.351 e. The lowest BCUT2D eigenvalue weighted by Crippen LogP contribution is -2.53. The van der Waals surface area contributed by atoms with Crippen LogP contribution in [0.15, 0.2) is 24.3 Å². The predicted molar refractivity (Wildman–Crippen MR) is 92.3 cm³/mol. The average molecular weight is 344 g/mol. The molecule has 2 aliphatic carbocycles. The Morgan fingerprint density at radius 1 is 1.16 bits per heavy atom. The molecular formula is C20H25FN2O2. The summed E-state index contributed by atoms with van der Waals surface area (Å²) in [5.74, 6) is 0.760. The number of hydrogen-bond acceptors (Lipinski definition) is 2. The Hall–Kier alpha value is -1.91. The lowest BCUT2D eigenvalue weighted by molar-refractivity contribution is -0.143. The van der Waals surface area contributed by atoms with E-state index in [9.17, 15) is 14.0 Å². The first-order valence-electron chi connectivity index (χ1n) is 9.41. The number of nitrogens with one attached hydrogen (secondary N) is 1. The lowest BCUT2D eigenvalue weighted by Gasteiger charge is -2.35. The third-order valence-electron chi connectivity index (χ3n) is 5.93. The van der Waals surface area contributed by atoms with Gasteiger partial charge in [0.25, 0.3) is 0 Å². The molecule has 2 amide bonds. The van der Waals surface area contributed by atoms with Crippen molar-refractivity contribution in [2.75, 3.05) is 6.54 Å². The summed E-state index contributed by atoms with van der Waals surface area (Å²) in [6.45, 7) is 2.80. The van der Waals surface area contributed by atoms with Crippen molar-refractivity contribution in [2.24, 2.45) is 11.8 Å². The third kappa shape index (κ3) is 3.42. The van der Waals surface area contributed by atoms with E-state index in [1.165, 1.54) is 12.1 Å². The molecule has 5 heteroatoms. The van der Waals surface area contributed by atoms with Crippen LogP contribution >= 0.6 is 0 Å². The zero-order valence-electron chi connectivity index (χ0n) is 14.6. The van der Waals surface area contributed by atoms with E-state index in [4.69, 9.17) is 0 Å². The van der Waals surface area contributed by atoms with Crippen molar-refractivity contribution in [3.63, 3.8) is 0 Å². The summed E-state index contributed by atoms with van der Waals surface area (Å²) in [7, 11) is 0.